The number of hydrogen-bond acceptors (Lipinski definition) is 7. The fourth-order valence-corrected chi connectivity index (χ4v) is 1.67. The molecule has 0 spiro atoms. The van der Waals surface area contributed by atoms with Gasteiger partial charge in [-0.15, -0.1) is 0 Å². The van der Waals surface area contributed by atoms with Gasteiger partial charge in [0.05, 0.1) is 25.4 Å². The molecule has 2 atom stereocenters. The van der Waals surface area contributed by atoms with Gasteiger partial charge in [-0.3, -0.25) is 9.59 Å². The second-order valence-corrected chi connectivity index (χ2v) is 4.94. The average Bonchev–Trinajstić information content (AvgIpc) is 2.64. The number of nitrogens with two attached hydrogens (primary N) is 1. The molecule has 2 unspecified atom stereocenters. The summed E-state index contributed by atoms with van der Waals surface area (Å²) in [6.45, 7) is 2.73. The van der Waals surface area contributed by atoms with Crippen molar-refractivity contribution in [1.82, 2.24) is 10.6 Å². The van der Waals surface area contributed by atoms with Crippen molar-refractivity contribution in [3.8, 4) is 0 Å². The molecule has 142 valence electrons. The predicted octanol–water partition coefficient (Wildman–Crippen LogP) is -1.54. The number of carbonyl (C=O) groups excluding carboxylic acids is 2. The molecule has 1 aromatic carbocycles. The smallest absolute Gasteiger partial charge is 0.251 e. The third kappa shape index (κ3) is 8.45. The van der Waals surface area contributed by atoms with Crippen LogP contribution in [0.4, 0.5) is 5.69 Å². The maximum Gasteiger partial charge on any atom is 0.251 e. The van der Waals surface area contributed by atoms with Gasteiger partial charge >= 0.3 is 0 Å². The highest BCUT2D eigenvalue weighted by atomic mass is 16.3. The number of nitrogen functional groups attached to an aromatic ring is 1. The Labute approximate surface area is 146 Å². The van der Waals surface area contributed by atoms with Crippen LogP contribution in [0.2, 0.25) is 0 Å². The van der Waals surface area contributed by atoms with Gasteiger partial charge in [0.2, 0.25) is 0 Å². The summed E-state index contributed by atoms with van der Waals surface area (Å²) in [5, 5.41) is 40.6. The van der Waals surface area contributed by atoms with Crippen molar-refractivity contribution in [2.45, 2.75) is 26.1 Å². The van der Waals surface area contributed by atoms with Crippen LogP contribution in [0, 0.1) is 0 Å². The summed E-state index contributed by atoms with van der Waals surface area (Å²) in [7, 11) is 0. The van der Waals surface area contributed by atoms with Crippen LogP contribution in [0.5, 0.6) is 0 Å². The van der Waals surface area contributed by atoms with Crippen molar-refractivity contribution in [2.24, 2.45) is 0 Å². The van der Waals surface area contributed by atoms with Crippen LogP contribution >= 0.6 is 0 Å². The number of benzene rings is 1. The minimum absolute atomic E-state index is 0.114. The molecule has 9 heteroatoms. The Kier molecular flexibility index (Phi) is 11.1. The molecule has 0 fully saturated rings. The van der Waals surface area contributed by atoms with E-state index in [1.54, 1.807) is 0 Å². The average molecular weight is 357 g/mol. The van der Waals surface area contributed by atoms with E-state index < -0.39 is 37.2 Å². The van der Waals surface area contributed by atoms with Crippen LogP contribution in [0.15, 0.2) is 18.2 Å². The molecule has 1 aromatic rings. The molecule has 0 aromatic heterocycles. The Balaban J connectivity index is 0.00000277. The van der Waals surface area contributed by atoms with E-state index in [4.69, 9.17) is 15.9 Å². The molecular formula is C16H27N3O6. The third-order valence-corrected chi connectivity index (χ3v) is 2.90. The number of amides is 2. The van der Waals surface area contributed by atoms with Crippen molar-refractivity contribution < 1.29 is 30.0 Å². The monoisotopic (exact) mass is 357 g/mol. The van der Waals surface area contributed by atoms with E-state index in [1.807, 2.05) is 13.8 Å². The molecule has 0 saturated carbocycles. The zero-order valence-corrected chi connectivity index (χ0v) is 14.4. The molecule has 2 amide bonds. The number of aliphatic hydroxyl groups excluding tert-OH is 4. The van der Waals surface area contributed by atoms with Gasteiger partial charge in [0.1, 0.15) is 0 Å². The van der Waals surface area contributed by atoms with Crippen LogP contribution in [0.3, 0.4) is 0 Å². The fraction of sp³-hybridized carbons (Fsp3) is 0.500. The summed E-state index contributed by atoms with van der Waals surface area (Å²) in [6, 6.07) is 4.03. The lowest BCUT2D eigenvalue weighted by molar-refractivity contribution is 0.0800. The molecule has 0 saturated heterocycles. The first-order valence-electron chi connectivity index (χ1n) is 7.92. The molecule has 1 rings (SSSR count). The van der Waals surface area contributed by atoms with Gasteiger partial charge in [0.25, 0.3) is 11.8 Å². The summed E-state index contributed by atoms with van der Waals surface area (Å²) in [4.78, 5) is 23.9. The highest BCUT2D eigenvalue weighted by Gasteiger charge is 2.14. The maximum atomic E-state index is 11.9. The highest BCUT2D eigenvalue weighted by Crippen LogP contribution is 2.12. The summed E-state index contributed by atoms with van der Waals surface area (Å²) in [5.41, 5.74) is 6.08. The summed E-state index contributed by atoms with van der Waals surface area (Å²) in [6.07, 6.45) is -2.16. The summed E-state index contributed by atoms with van der Waals surface area (Å²) >= 11 is 0. The van der Waals surface area contributed by atoms with Gasteiger partial charge in [0.15, 0.2) is 0 Å². The Bertz CT molecular complexity index is 508. The second kappa shape index (κ2) is 12.2. The minimum Gasteiger partial charge on any atom is -0.399 e. The maximum absolute atomic E-state index is 11.9. The fourth-order valence-electron chi connectivity index (χ4n) is 1.67. The topological polar surface area (TPSA) is 165 Å². The molecule has 8 N–H and O–H groups in total. The quantitative estimate of drug-likeness (QED) is 0.277. The van der Waals surface area contributed by atoms with Crippen LogP contribution < -0.4 is 16.4 Å². The number of aliphatic hydroxyl groups is 4. The van der Waals surface area contributed by atoms with E-state index in [2.05, 4.69) is 10.6 Å². The van der Waals surface area contributed by atoms with E-state index >= 15 is 0 Å². The number of rotatable bonds is 8. The first-order chi connectivity index (χ1) is 11.9. The van der Waals surface area contributed by atoms with Crippen molar-refractivity contribution in [3.63, 3.8) is 0 Å². The van der Waals surface area contributed by atoms with Crippen molar-refractivity contribution in [2.75, 3.05) is 32.0 Å². The first-order valence-corrected chi connectivity index (χ1v) is 7.92. The lowest BCUT2D eigenvalue weighted by Crippen LogP contribution is -2.35. The van der Waals surface area contributed by atoms with Gasteiger partial charge in [-0.1, -0.05) is 13.8 Å². The normalized spacial score (nSPS) is 12.4. The van der Waals surface area contributed by atoms with E-state index in [0.717, 1.165) is 0 Å². The highest BCUT2D eigenvalue weighted by molar-refractivity contribution is 6.01. The lowest BCUT2D eigenvalue weighted by atomic mass is 10.1. The van der Waals surface area contributed by atoms with Crippen LogP contribution in [-0.4, -0.2) is 70.8 Å². The largest absolute Gasteiger partial charge is 0.399 e. The van der Waals surface area contributed by atoms with Gasteiger partial charge in [-0.2, -0.15) is 0 Å². The van der Waals surface area contributed by atoms with Gasteiger partial charge in [-0.25, -0.2) is 0 Å². The molecule has 9 nitrogen and oxygen atoms in total. The van der Waals surface area contributed by atoms with Crippen molar-refractivity contribution >= 4 is 17.5 Å². The molecule has 25 heavy (non-hydrogen) atoms. The Morgan fingerprint density at radius 3 is 1.60 bits per heavy atom. The second-order valence-electron chi connectivity index (χ2n) is 4.94. The number of hydrogen-bond donors (Lipinski definition) is 7. The van der Waals surface area contributed by atoms with E-state index in [1.165, 1.54) is 18.2 Å². The van der Waals surface area contributed by atoms with E-state index in [-0.39, 0.29) is 29.9 Å². The number of anilines is 1. The summed E-state index contributed by atoms with van der Waals surface area (Å²) in [5.74, 6) is -1.12. The Morgan fingerprint density at radius 1 is 0.920 bits per heavy atom. The molecule has 0 aliphatic heterocycles. The SMILES string of the molecule is CC.Nc1cc(C(=O)NCC(O)CO)cc(C(=O)NCC(O)CO)c1. The molecule has 0 radical (unpaired) electrons. The van der Waals surface area contributed by atoms with Crippen LogP contribution in [-0.2, 0) is 0 Å². The van der Waals surface area contributed by atoms with Crippen molar-refractivity contribution in [1.29, 1.82) is 0 Å². The molecular weight excluding hydrogens is 330 g/mol. The Morgan fingerprint density at radius 2 is 1.28 bits per heavy atom. The zero-order valence-electron chi connectivity index (χ0n) is 14.4. The van der Waals surface area contributed by atoms with Gasteiger partial charge in [-0.05, 0) is 18.2 Å². The number of nitrogens with one attached hydrogen (secondary N) is 2. The minimum atomic E-state index is -1.08. The van der Waals surface area contributed by atoms with Gasteiger partial charge < -0.3 is 36.8 Å². The standard InChI is InChI=1S/C14H21N3O6.C2H6/c15-10-2-8(13(22)16-4-11(20)6-18)1-9(3-10)14(23)17-5-12(21)7-19;1-2/h1-3,11-12,18-21H,4-7,15H2,(H,16,22)(H,17,23);1-2H3. The van der Waals surface area contributed by atoms with Crippen LogP contribution in [0.25, 0.3) is 0 Å². The third-order valence-electron chi connectivity index (χ3n) is 2.90. The Hall–Kier alpha value is -2.20. The van der Waals surface area contributed by atoms with Crippen LogP contribution in [0.1, 0.15) is 34.6 Å². The summed E-state index contributed by atoms with van der Waals surface area (Å²) < 4.78 is 0. The molecule has 0 aliphatic carbocycles. The van der Waals surface area contributed by atoms with Crippen molar-refractivity contribution in [3.05, 3.63) is 29.3 Å². The molecule has 0 heterocycles. The predicted molar refractivity (Wildman–Crippen MR) is 93.1 cm³/mol. The van der Waals surface area contributed by atoms with Gasteiger partial charge in [0, 0.05) is 29.9 Å². The van der Waals surface area contributed by atoms with E-state index in [0.29, 0.717) is 0 Å². The first kappa shape index (κ1) is 22.8. The number of carbonyl (C=O) groups is 2. The lowest BCUT2D eigenvalue weighted by Gasteiger charge is -2.12. The molecule has 0 bridgehead atoms. The molecule has 0 aliphatic rings. The zero-order chi connectivity index (χ0) is 19.4. The van der Waals surface area contributed by atoms with E-state index in [9.17, 15) is 19.8 Å².